The maximum absolute atomic E-state index is 8.97. The fourth-order valence-corrected chi connectivity index (χ4v) is 3.19. The number of hydrogen-bond donors (Lipinski definition) is 0. The first-order valence-electron chi connectivity index (χ1n) is 6.29. The van der Waals surface area contributed by atoms with Gasteiger partial charge in [-0.2, -0.15) is 5.26 Å². The SMILES string of the molecule is CC(C)(C#N)CCCN1CCc2sccc2C1. The second-order valence-electron chi connectivity index (χ2n) is 5.49. The summed E-state index contributed by atoms with van der Waals surface area (Å²) in [5.41, 5.74) is 1.35. The average molecular weight is 248 g/mol. The molecule has 2 heterocycles. The first-order chi connectivity index (χ1) is 8.11. The van der Waals surface area contributed by atoms with Gasteiger partial charge in [-0.05, 0) is 56.7 Å². The molecular formula is C14H20N2S. The Labute approximate surface area is 108 Å². The number of nitrogens with zero attached hydrogens (tertiary/aromatic N) is 2. The lowest BCUT2D eigenvalue weighted by Crippen LogP contribution is -2.31. The number of hydrogen-bond acceptors (Lipinski definition) is 3. The Morgan fingerprint density at radius 1 is 1.53 bits per heavy atom. The summed E-state index contributed by atoms with van der Waals surface area (Å²) in [6.07, 6.45) is 3.32. The van der Waals surface area contributed by atoms with Crippen LogP contribution in [0.1, 0.15) is 37.1 Å². The molecule has 0 unspecified atom stereocenters. The zero-order valence-corrected chi connectivity index (χ0v) is 11.5. The summed E-state index contributed by atoms with van der Waals surface area (Å²) in [6.45, 7) is 7.47. The van der Waals surface area contributed by atoms with Crippen molar-refractivity contribution in [1.82, 2.24) is 4.90 Å². The molecule has 1 aromatic rings. The molecule has 17 heavy (non-hydrogen) atoms. The van der Waals surface area contributed by atoms with E-state index in [-0.39, 0.29) is 5.41 Å². The van der Waals surface area contributed by atoms with Gasteiger partial charge in [0.2, 0.25) is 0 Å². The van der Waals surface area contributed by atoms with Crippen LogP contribution in [-0.4, -0.2) is 18.0 Å². The Bertz CT molecular complexity index is 414. The van der Waals surface area contributed by atoms with Crippen LogP contribution in [0.15, 0.2) is 11.4 Å². The molecule has 1 aliphatic rings. The zero-order chi connectivity index (χ0) is 12.3. The monoisotopic (exact) mass is 248 g/mol. The Hall–Kier alpha value is -0.850. The molecule has 0 spiro atoms. The third-order valence-corrected chi connectivity index (χ3v) is 4.49. The van der Waals surface area contributed by atoms with Gasteiger partial charge in [-0.15, -0.1) is 11.3 Å². The summed E-state index contributed by atoms with van der Waals surface area (Å²) in [5, 5.41) is 11.2. The van der Waals surface area contributed by atoms with Crippen LogP contribution in [-0.2, 0) is 13.0 Å². The lowest BCUT2D eigenvalue weighted by atomic mass is 9.89. The predicted octanol–water partition coefficient (Wildman–Crippen LogP) is 3.44. The molecule has 0 fully saturated rings. The fraction of sp³-hybridized carbons (Fsp3) is 0.643. The summed E-state index contributed by atoms with van der Waals surface area (Å²) in [6, 6.07) is 4.63. The van der Waals surface area contributed by atoms with Crippen molar-refractivity contribution in [2.24, 2.45) is 5.41 Å². The highest BCUT2D eigenvalue weighted by molar-refractivity contribution is 7.10. The molecule has 0 aliphatic carbocycles. The van der Waals surface area contributed by atoms with Crippen molar-refractivity contribution < 1.29 is 0 Å². The highest BCUT2D eigenvalue weighted by Gasteiger charge is 2.19. The van der Waals surface area contributed by atoms with E-state index in [2.05, 4.69) is 22.4 Å². The van der Waals surface area contributed by atoms with E-state index < -0.39 is 0 Å². The Morgan fingerprint density at radius 3 is 3.12 bits per heavy atom. The van der Waals surface area contributed by atoms with E-state index in [1.807, 2.05) is 25.2 Å². The highest BCUT2D eigenvalue weighted by Crippen LogP contribution is 2.25. The summed E-state index contributed by atoms with van der Waals surface area (Å²) in [7, 11) is 0. The van der Waals surface area contributed by atoms with Gasteiger partial charge in [-0.25, -0.2) is 0 Å². The molecule has 2 nitrogen and oxygen atoms in total. The molecule has 0 atom stereocenters. The van der Waals surface area contributed by atoms with E-state index in [4.69, 9.17) is 5.26 Å². The van der Waals surface area contributed by atoms with Crippen molar-refractivity contribution in [3.05, 3.63) is 21.9 Å². The molecule has 2 rings (SSSR count). The van der Waals surface area contributed by atoms with Crippen molar-refractivity contribution in [3.8, 4) is 6.07 Å². The summed E-state index contributed by atoms with van der Waals surface area (Å²) < 4.78 is 0. The van der Waals surface area contributed by atoms with Gasteiger partial charge in [0, 0.05) is 18.0 Å². The van der Waals surface area contributed by atoms with Gasteiger partial charge in [0.15, 0.2) is 0 Å². The van der Waals surface area contributed by atoms with Crippen LogP contribution in [0.4, 0.5) is 0 Å². The largest absolute Gasteiger partial charge is 0.299 e. The highest BCUT2D eigenvalue weighted by atomic mass is 32.1. The molecule has 0 saturated heterocycles. The topological polar surface area (TPSA) is 27.0 Å². The number of thiophene rings is 1. The third kappa shape index (κ3) is 3.31. The summed E-state index contributed by atoms with van der Waals surface area (Å²) in [5.74, 6) is 0. The van der Waals surface area contributed by atoms with Crippen molar-refractivity contribution >= 4 is 11.3 Å². The summed E-state index contributed by atoms with van der Waals surface area (Å²) >= 11 is 1.89. The number of rotatable bonds is 4. The molecular weight excluding hydrogens is 228 g/mol. The minimum Gasteiger partial charge on any atom is -0.299 e. The molecule has 1 aromatic heterocycles. The molecule has 1 aliphatic heterocycles. The summed E-state index contributed by atoms with van der Waals surface area (Å²) in [4.78, 5) is 4.08. The smallest absolute Gasteiger partial charge is 0.0683 e. The number of nitriles is 1. The molecule has 3 heteroatoms. The van der Waals surface area contributed by atoms with Gasteiger partial charge >= 0.3 is 0 Å². The average Bonchev–Trinajstić information content (AvgIpc) is 2.76. The van der Waals surface area contributed by atoms with Gasteiger partial charge in [0.25, 0.3) is 0 Å². The molecule has 0 saturated carbocycles. The van der Waals surface area contributed by atoms with Gasteiger partial charge in [0.05, 0.1) is 11.5 Å². The van der Waals surface area contributed by atoms with E-state index in [0.717, 1.165) is 25.9 Å². The van der Waals surface area contributed by atoms with Crippen LogP contribution < -0.4 is 0 Å². The van der Waals surface area contributed by atoms with Crippen molar-refractivity contribution in [3.63, 3.8) is 0 Å². The molecule has 92 valence electrons. The maximum Gasteiger partial charge on any atom is 0.0683 e. The van der Waals surface area contributed by atoms with E-state index in [1.54, 1.807) is 4.88 Å². The van der Waals surface area contributed by atoms with Gasteiger partial charge in [0.1, 0.15) is 0 Å². The Balaban J connectivity index is 1.78. The van der Waals surface area contributed by atoms with Crippen molar-refractivity contribution in [2.75, 3.05) is 13.1 Å². The lowest BCUT2D eigenvalue weighted by molar-refractivity contribution is 0.240. The van der Waals surface area contributed by atoms with E-state index in [1.165, 1.54) is 18.5 Å². The quantitative estimate of drug-likeness (QED) is 0.816. The fourth-order valence-electron chi connectivity index (χ4n) is 2.30. The predicted molar refractivity (Wildman–Crippen MR) is 71.9 cm³/mol. The second-order valence-corrected chi connectivity index (χ2v) is 6.50. The lowest BCUT2D eigenvalue weighted by Gasteiger charge is -2.27. The van der Waals surface area contributed by atoms with E-state index in [9.17, 15) is 0 Å². The van der Waals surface area contributed by atoms with Gasteiger partial charge < -0.3 is 0 Å². The van der Waals surface area contributed by atoms with E-state index in [0.29, 0.717) is 0 Å². The van der Waals surface area contributed by atoms with Crippen molar-refractivity contribution in [1.29, 1.82) is 5.26 Å². The second kappa shape index (κ2) is 5.20. The molecule has 0 radical (unpaired) electrons. The molecule has 0 N–H and O–H groups in total. The van der Waals surface area contributed by atoms with Gasteiger partial charge in [-0.3, -0.25) is 4.90 Å². The van der Waals surface area contributed by atoms with Crippen LogP contribution in [0, 0.1) is 16.7 Å². The Kier molecular flexibility index (Phi) is 3.86. The zero-order valence-electron chi connectivity index (χ0n) is 10.7. The molecule has 0 bridgehead atoms. The minimum absolute atomic E-state index is 0.163. The van der Waals surface area contributed by atoms with Crippen LogP contribution >= 0.6 is 11.3 Å². The van der Waals surface area contributed by atoms with Crippen LogP contribution in [0.5, 0.6) is 0 Å². The minimum atomic E-state index is -0.163. The normalized spacial score (nSPS) is 16.5. The van der Waals surface area contributed by atoms with Crippen molar-refractivity contribution in [2.45, 2.75) is 39.7 Å². The maximum atomic E-state index is 8.97. The van der Waals surface area contributed by atoms with Gasteiger partial charge in [-0.1, -0.05) is 0 Å². The first-order valence-corrected chi connectivity index (χ1v) is 7.17. The number of fused-ring (bicyclic) bond motifs is 1. The van der Waals surface area contributed by atoms with E-state index >= 15 is 0 Å². The standard InChI is InChI=1S/C14H20N2S/c1-14(2,11-15)6-3-7-16-8-4-13-12(10-16)5-9-17-13/h5,9H,3-4,6-8,10H2,1-2H3. The van der Waals surface area contributed by atoms with Crippen LogP contribution in [0.2, 0.25) is 0 Å². The molecule has 0 aromatic carbocycles. The first kappa shape index (κ1) is 12.6. The van der Waals surface area contributed by atoms with Crippen LogP contribution in [0.3, 0.4) is 0 Å². The molecule has 0 amide bonds. The third-order valence-electron chi connectivity index (χ3n) is 3.47. The van der Waals surface area contributed by atoms with Crippen LogP contribution in [0.25, 0.3) is 0 Å². The Morgan fingerprint density at radius 2 is 2.35 bits per heavy atom.